The van der Waals surface area contributed by atoms with E-state index in [1.54, 1.807) is 29.2 Å². The zero-order valence-electron chi connectivity index (χ0n) is 14.3. The Hall–Kier alpha value is -2.87. The largest absolute Gasteiger partial charge is 0.416 e. The summed E-state index contributed by atoms with van der Waals surface area (Å²) < 4.78 is 43.9. The number of carbonyl (C=O) groups is 1. The van der Waals surface area contributed by atoms with Gasteiger partial charge >= 0.3 is 6.18 Å². The third-order valence-corrected chi connectivity index (χ3v) is 4.75. The van der Waals surface area contributed by atoms with Crippen LogP contribution in [0.1, 0.15) is 23.8 Å². The van der Waals surface area contributed by atoms with Gasteiger partial charge in [0.05, 0.1) is 11.5 Å². The van der Waals surface area contributed by atoms with E-state index in [1.165, 1.54) is 12.1 Å². The molecule has 5 nitrogen and oxygen atoms in total. The van der Waals surface area contributed by atoms with Crippen LogP contribution in [0.15, 0.2) is 53.1 Å². The van der Waals surface area contributed by atoms with Crippen LogP contribution in [0.25, 0.3) is 11.4 Å². The summed E-state index contributed by atoms with van der Waals surface area (Å²) in [5, 5.41) is 4.35. The first-order chi connectivity index (χ1) is 13.3. The highest BCUT2D eigenvalue weighted by Crippen LogP contribution is 2.34. The fraction of sp³-hybridized carbons (Fsp3) is 0.211. The Bertz CT molecular complexity index is 1020. The van der Waals surface area contributed by atoms with Gasteiger partial charge in [0.2, 0.25) is 17.6 Å². The van der Waals surface area contributed by atoms with E-state index in [9.17, 15) is 18.0 Å². The van der Waals surface area contributed by atoms with Gasteiger partial charge in [-0.15, -0.1) is 0 Å². The fourth-order valence-corrected chi connectivity index (χ4v) is 3.22. The molecule has 1 amide bonds. The van der Waals surface area contributed by atoms with E-state index >= 15 is 0 Å². The van der Waals surface area contributed by atoms with Crippen molar-refractivity contribution >= 4 is 23.2 Å². The van der Waals surface area contributed by atoms with Gasteiger partial charge in [0.25, 0.3) is 0 Å². The standard InChI is InChI=1S/C19H13ClF3N3O2/c20-14-4-6-15(7-5-14)26-10-12(9-16(26)27)18-24-17(25-28-18)11-2-1-3-13(8-11)19(21,22)23/h1-8,12H,9-10H2. The number of amides is 1. The number of rotatable bonds is 3. The number of benzene rings is 2. The molecule has 0 bridgehead atoms. The van der Waals surface area contributed by atoms with E-state index in [2.05, 4.69) is 10.1 Å². The lowest BCUT2D eigenvalue weighted by Gasteiger charge is -2.15. The van der Waals surface area contributed by atoms with Gasteiger partial charge in [-0.05, 0) is 36.4 Å². The second-order valence-corrected chi connectivity index (χ2v) is 6.85. The molecule has 2 heterocycles. The monoisotopic (exact) mass is 407 g/mol. The lowest BCUT2D eigenvalue weighted by atomic mass is 10.1. The van der Waals surface area contributed by atoms with Gasteiger partial charge in [-0.1, -0.05) is 28.9 Å². The highest BCUT2D eigenvalue weighted by molar-refractivity contribution is 6.30. The highest BCUT2D eigenvalue weighted by Gasteiger charge is 2.35. The first kappa shape index (κ1) is 18.5. The van der Waals surface area contributed by atoms with Crippen LogP contribution in [-0.4, -0.2) is 22.6 Å². The van der Waals surface area contributed by atoms with Crippen LogP contribution in [0.2, 0.25) is 5.02 Å². The van der Waals surface area contributed by atoms with Crippen molar-refractivity contribution in [3.8, 4) is 11.4 Å². The van der Waals surface area contributed by atoms with Crippen LogP contribution in [-0.2, 0) is 11.0 Å². The summed E-state index contributed by atoms with van der Waals surface area (Å²) in [4.78, 5) is 18.2. The predicted molar refractivity (Wildman–Crippen MR) is 95.9 cm³/mol. The molecule has 1 fully saturated rings. The number of nitrogens with zero attached hydrogens (tertiary/aromatic N) is 3. The van der Waals surface area contributed by atoms with Crippen LogP contribution >= 0.6 is 11.6 Å². The van der Waals surface area contributed by atoms with E-state index in [0.717, 1.165) is 12.1 Å². The number of hydrogen-bond acceptors (Lipinski definition) is 4. The molecule has 9 heteroatoms. The zero-order chi connectivity index (χ0) is 19.9. The van der Waals surface area contributed by atoms with Gasteiger partial charge < -0.3 is 9.42 Å². The Kier molecular flexibility index (Phi) is 4.58. The SMILES string of the molecule is O=C1CC(c2nc(-c3cccc(C(F)(F)F)c3)no2)CN1c1ccc(Cl)cc1. The Morgan fingerprint density at radius 2 is 1.89 bits per heavy atom. The Balaban J connectivity index is 1.55. The van der Waals surface area contributed by atoms with Crippen LogP contribution in [0.3, 0.4) is 0 Å². The van der Waals surface area contributed by atoms with Gasteiger partial charge in [-0.3, -0.25) is 4.79 Å². The topological polar surface area (TPSA) is 59.2 Å². The molecule has 1 aromatic heterocycles. The van der Waals surface area contributed by atoms with Crippen LogP contribution in [0, 0.1) is 0 Å². The zero-order valence-corrected chi connectivity index (χ0v) is 15.0. The van der Waals surface area contributed by atoms with Crippen LogP contribution in [0.5, 0.6) is 0 Å². The molecule has 2 aromatic carbocycles. The van der Waals surface area contributed by atoms with E-state index in [-0.39, 0.29) is 35.5 Å². The maximum atomic E-state index is 12.9. The van der Waals surface area contributed by atoms with Crippen molar-refractivity contribution in [3.63, 3.8) is 0 Å². The van der Waals surface area contributed by atoms with Crippen LogP contribution < -0.4 is 4.90 Å². The summed E-state index contributed by atoms with van der Waals surface area (Å²) in [6.45, 7) is 0.338. The Morgan fingerprint density at radius 3 is 2.61 bits per heavy atom. The van der Waals surface area contributed by atoms with E-state index in [0.29, 0.717) is 17.3 Å². The minimum Gasteiger partial charge on any atom is -0.339 e. The molecule has 4 rings (SSSR count). The molecule has 1 unspecified atom stereocenters. The predicted octanol–water partition coefficient (Wildman–Crippen LogP) is 4.93. The first-order valence-electron chi connectivity index (χ1n) is 8.38. The van der Waals surface area contributed by atoms with Gasteiger partial charge in [0, 0.05) is 29.2 Å². The second-order valence-electron chi connectivity index (χ2n) is 6.42. The van der Waals surface area contributed by atoms with Crippen molar-refractivity contribution in [1.82, 2.24) is 10.1 Å². The van der Waals surface area contributed by atoms with Gasteiger partial charge in [-0.25, -0.2) is 0 Å². The first-order valence-corrected chi connectivity index (χ1v) is 8.76. The molecule has 0 radical (unpaired) electrons. The number of alkyl halides is 3. The number of anilines is 1. The molecule has 144 valence electrons. The van der Waals surface area contributed by atoms with Crippen molar-refractivity contribution in [2.24, 2.45) is 0 Å². The molecule has 0 spiro atoms. The number of hydrogen-bond donors (Lipinski definition) is 0. The third-order valence-electron chi connectivity index (χ3n) is 4.50. The summed E-state index contributed by atoms with van der Waals surface area (Å²) in [5.41, 5.74) is 0.111. The summed E-state index contributed by atoms with van der Waals surface area (Å²) in [5.74, 6) is -0.169. The quantitative estimate of drug-likeness (QED) is 0.617. The molecular formula is C19H13ClF3N3O2. The lowest BCUT2D eigenvalue weighted by molar-refractivity contribution is -0.137. The van der Waals surface area contributed by atoms with Crippen molar-refractivity contribution in [1.29, 1.82) is 0 Å². The van der Waals surface area contributed by atoms with E-state index in [1.807, 2.05) is 0 Å². The molecule has 3 aromatic rings. The Labute approximate surface area is 162 Å². The molecule has 28 heavy (non-hydrogen) atoms. The molecule has 0 saturated carbocycles. The Morgan fingerprint density at radius 1 is 1.14 bits per heavy atom. The molecule has 1 atom stereocenters. The normalized spacial score (nSPS) is 17.4. The van der Waals surface area contributed by atoms with Gasteiger partial charge in [-0.2, -0.15) is 18.2 Å². The van der Waals surface area contributed by atoms with Crippen LogP contribution in [0.4, 0.5) is 18.9 Å². The summed E-state index contributed by atoms with van der Waals surface area (Å²) in [7, 11) is 0. The molecule has 0 N–H and O–H groups in total. The molecular weight excluding hydrogens is 395 g/mol. The average Bonchev–Trinajstić information content (AvgIpc) is 3.29. The minimum absolute atomic E-state index is 0.0542. The molecule has 1 saturated heterocycles. The average molecular weight is 408 g/mol. The highest BCUT2D eigenvalue weighted by atomic mass is 35.5. The maximum absolute atomic E-state index is 12.9. The lowest BCUT2D eigenvalue weighted by Crippen LogP contribution is -2.24. The van der Waals surface area contributed by atoms with Crippen molar-refractivity contribution < 1.29 is 22.5 Å². The van der Waals surface area contributed by atoms with E-state index in [4.69, 9.17) is 16.1 Å². The van der Waals surface area contributed by atoms with Gasteiger partial charge in [0.1, 0.15) is 0 Å². The summed E-state index contributed by atoms with van der Waals surface area (Å²) >= 11 is 5.87. The molecule has 1 aliphatic heterocycles. The summed E-state index contributed by atoms with van der Waals surface area (Å²) in [6.07, 6.45) is -4.29. The third kappa shape index (κ3) is 3.60. The smallest absolute Gasteiger partial charge is 0.339 e. The number of carbonyl (C=O) groups excluding carboxylic acids is 1. The molecule has 0 aliphatic carbocycles. The van der Waals surface area contributed by atoms with Crippen molar-refractivity contribution in [2.75, 3.05) is 11.4 Å². The summed E-state index contributed by atoms with van der Waals surface area (Å²) in [6, 6.07) is 11.6. The minimum atomic E-state index is -4.46. The fourth-order valence-electron chi connectivity index (χ4n) is 3.10. The van der Waals surface area contributed by atoms with Crippen molar-refractivity contribution in [2.45, 2.75) is 18.5 Å². The van der Waals surface area contributed by atoms with E-state index < -0.39 is 11.7 Å². The number of aromatic nitrogens is 2. The molecule has 1 aliphatic rings. The maximum Gasteiger partial charge on any atom is 0.416 e. The number of halogens is 4. The van der Waals surface area contributed by atoms with Crippen molar-refractivity contribution in [3.05, 3.63) is 65.0 Å². The second kappa shape index (κ2) is 6.94. The van der Waals surface area contributed by atoms with Gasteiger partial charge in [0.15, 0.2) is 0 Å².